The summed E-state index contributed by atoms with van der Waals surface area (Å²) in [4.78, 5) is 13.3. The van der Waals surface area contributed by atoms with Crippen molar-refractivity contribution in [3.63, 3.8) is 0 Å². The van der Waals surface area contributed by atoms with Crippen molar-refractivity contribution in [3.05, 3.63) is 59.7 Å². The van der Waals surface area contributed by atoms with Gasteiger partial charge in [0, 0.05) is 7.11 Å². The Hall–Kier alpha value is -2.33. The minimum Gasteiger partial charge on any atom is -0.490 e. The van der Waals surface area contributed by atoms with Crippen molar-refractivity contribution >= 4 is 5.78 Å². The van der Waals surface area contributed by atoms with E-state index in [0.717, 1.165) is 5.56 Å². The van der Waals surface area contributed by atoms with Gasteiger partial charge in [-0.05, 0) is 38.5 Å². The number of benzene rings is 2. The van der Waals surface area contributed by atoms with Gasteiger partial charge in [0.2, 0.25) is 5.78 Å². The number of Topliss-reactive ketones (excluding diaryl/α,β-unsaturated/α-hetero) is 1. The molecule has 4 heteroatoms. The first kappa shape index (κ1) is 18.0. The van der Waals surface area contributed by atoms with Crippen LogP contribution in [-0.2, 0) is 10.3 Å². The molecular formula is C20H24O4. The monoisotopic (exact) mass is 328 g/mol. The first-order chi connectivity index (χ1) is 11.6. The van der Waals surface area contributed by atoms with Crippen LogP contribution in [0, 0.1) is 0 Å². The van der Waals surface area contributed by atoms with Gasteiger partial charge in [0.1, 0.15) is 0 Å². The Bertz CT molecular complexity index is 681. The zero-order chi connectivity index (χ0) is 17.6. The summed E-state index contributed by atoms with van der Waals surface area (Å²) < 4.78 is 17.0. The van der Waals surface area contributed by atoms with E-state index in [-0.39, 0.29) is 5.78 Å². The smallest absolute Gasteiger partial charge is 0.202 e. The Morgan fingerprint density at radius 1 is 0.958 bits per heavy atom. The Balaban J connectivity index is 2.53. The maximum absolute atomic E-state index is 13.3. The van der Waals surface area contributed by atoms with Crippen LogP contribution in [0.15, 0.2) is 48.5 Å². The summed E-state index contributed by atoms with van der Waals surface area (Å²) in [7, 11) is 1.54. The van der Waals surface area contributed by atoms with E-state index in [1.54, 1.807) is 25.1 Å². The average molecular weight is 328 g/mol. The number of ketones is 1. The zero-order valence-electron chi connectivity index (χ0n) is 14.7. The first-order valence-electron chi connectivity index (χ1n) is 8.12. The second-order valence-electron chi connectivity index (χ2n) is 5.43. The molecule has 0 fully saturated rings. The number of hydrogen-bond acceptors (Lipinski definition) is 4. The second-order valence-corrected chi connectivity index (χ2v) is 5.43. The lowest BCUT2D eigenvalue weighted by molar-refractivity contribution is 0.00984. The van der Waals surface area contributed by atoms with Crippen LogP contribution in [0.3, 0.4) is 0 Å². The first-order valence-corrected chi connectivity index (χ1v) is 8.12. The summed E-state index contributed by atoms with van der Waals surface area (Å²) in [5.74, 6) is 0.865. The lowest BCUT2D eigenvalue weighted by atomic mass is 9.87. The molecular weight excluding hydrogens is 304 g/mol. The predicted molar refractivity (Wildman–Crippen MR) is 93.9 cm³/mol. The van der Waals surface area contributed by atoms with Gasteiger partial charge < -0.3 is 14.2 Å². The van der Waals surface area contributed by atoms with Gasteiger partial charge in [-0.3, -0.25) is 4.79 Å². The standard InChI is InChI=1S/C20H24O4/c1-5-23-17-14-10-13-16(18(17)24-6-2)19(21)20(3,22-4)15-11-8-7-9-12-15/h7-14H,5-6H2,1-4H3. The molecule has 0 aliphatic rings. The molecule has 0 amide bonds. The molecule has 0 spiro atoms. The van der Waals surface area contributed by atoms with Gasteiger partial charge in [-0.2, -0.15) is 0 Å². The molecule has 128 valence electrons. The molecule has 0 radical (unpaired) electrons. The highest BCUT2D eigenvalue weighted by atomic mass is 16.5. The van der Waals surface area contributed by atoms with E-state index >= 15 is 0 Å². The number of ether oxygens (including phenoxy) is 3. The highest BCUT2D eigenvalue weighted by Crippen LogP contribution is 2.37. The fraction of sp³-hybridized carbons (Fsp3) is 0.350. The normalized spacial score (nSPS) is 13.2. The van der Waals surface area contributed by atoms with Crippen molar-refractivity contribution in [1.82, 2.24) is 0 Å². The van der Waals surface area contributed by atoms with Crippen LogP contribution in [0.5, 0.6) is 11.5 Å². The molecule has 0 aromatic heterocycles. The number of carbonyl (C=O) groups excluding carboxylic acids is 1. The molecule has 1 unspecified atom stereocenters. The van der Waals surface area contributed by atoms with E-state index in [9.17, 15) is 4.79 Å². The summed E-state index contributed by atoms with van der Waals surface area (Å²) in [5.41, 5.74) is 0.149. The Labute approximate surface area is 143 Å². The third-order valence-corrected chi connectivity index (χ3v) is 3.98. The average Bonchev–Trinajstić information content (AvgIpc) is 2.63. The summed E-state index contributed by atoms with van der Waals surface area (Å²) in [6.45, 7) is 6.49. The lowest BCUT2D eigenvalue weighted by Gasteiger charge is -2.28. The van der Waals surface area contributed by atoms with Crippen LogP contribution in [0.25, 0.3) is 0 Å². The quantitative estimate of drug-likeness (QED) is 0.680. The lowest BCUT2D eigenvalue weighted by Crippen LogP contribution is -2.35. The minimum absolute atomic E-state index is 0.166. The molecule has 4 nitrogen and oxygen atoms in total. The predicted octanol–water partition coefficient (Wildman–Crippen LogP) is 4.23. The maximum atomic E-state index is 13.3. The van der Waals surface area contributed by atoms with Gasteiger partial charge in [0.15, 0.2) is 17.1 Å². The summed E-state index contributed by atoms with van der Waals surface area (Å²) in [6, 6.07) is 14.8. The van der Waals surface area contributed by atoms with Gasteiger partial charge in [0.25, 0.3) is 0 Å². The zero-order valence-corrected chi connectivity index (χ0v) is 14.7. The Morgan fingerprint density at radius 3 is 2.21 bits per heavy atom. The summed E-state index contributed by atoms with van der Waals surface area (Å²) in [6.07, 6.45) is 0. The molecule has 0 saturated carbocycles. The topological polar surface area (TPSA) is 44.8 Å². The van der Waals surface area contributed by atoms with Crippen molar-refractivity contribution in [2.75, 3.05) is 20.3 Å². The molecule has 0 N–H and O–H groups in total. The van der Waals surface area contributed by atoms with E-state index in [2.05, 4.69) is 0 Å². The SMILES string of the molecule is CCOc1cccc(C(=O)C(C)(OC)c2ccccc2)c1OCC. The van der Waals surface area contributed by atoms with Crippen LogP contribution in [-0.4, -0.2) is 26.1 Å². The molecule has 0 saturated heterocycles. The van der Waals surface area contributed by atoms with Gasteiger partial charge in [-0.25, -0.2) is 0 Å². The fourth-order valence-electron chi connectivity index (χ4n) is 2.61. The van der Waals surface area contributed by atoms with Crippen LogP contribution >= 0.6 is 0 Å². The third kappa shape index (κ3) is 3.44. The van der Waals surface area contributed by atoms with E-state index in [1.165, 1.54) is 7.11 Å². The van der Waals surface area contributed by atoms with Crippen molar-refractivity contribution in [2.24, 2.45) is 0 Å². The van der Waals surface area contributed by atoms with Gasteiger partial charge >= 0.3 is 0 Å². The molecule has 2 aromatic rings. The van der Waals surface area contributed by atoms with E-state index in [1.807, 2.05) is 44.2 Å². The van der Waals surface area contributed by atoms with Gasteiger partial charge in [-0.15, -0.1) is 0 Å². The Kier molecular flexibility index (Phi) is 5.99. The highest BCUT2D eigenvalue weighted by molar-refractivity contribution is 6.05. The molecule has 0 bridgehead atoms. The molecule has 24 heavy (non-hydrogen) atoms. The largest absolute Gasteiger partial charge is 0.490 e. The number of methoxy groups -OCH3 is 1. The minimum atomic E-state index is -1.10. The molecule has 0 aliphatic heterocycles. The molecule has 2 aromatic carbocycles. The summed E-state index contributed by atoms with van der Waals surface area (Å²) in [5, 5.41) is 0. The maximum Gasteiger partial charge on any atom is 0.202 e. The van der Waals surface area contributed by atoms with Gasteiger partial charge in [-0.1, -0.05) is 36.4 Å². The van der Waals surface area contributed by atoms with Crippen molar-refractivity contribution in [3.8, 4) is 11.5 Å². The number of hydrogen-bond donors (Lipinski definition) is 0. The second kappa shape index (κ2) is 7.97. The van der Waals surface area contributed by atoms with Gasteiger partial charge in [0.05, 0.1) is 18.8 Å². The number of rotatable bonds is 8. The Morgan fingerprint density at radius 2 is 1.62 bits per heavy atom. The summed E-state index contributed by atoms with van der Waals surface area (Å²) >= 11 is 0. The molecule has 2 rings (SSSR count). The highest BCUT2D eigenvalue weighted by Gasteiger charge is 2.38. The van der Waals surface area contributed by atoms with E-state index < -0.39 is 5.60 Å². The third-order valence-electron chi connectivity index (χ3n) is 3.98. The molecule has 0 heterocycles. The van der Waals surface area contributed by atoms with Crippen molar-refractivity contribution in [2.45, 2.75) is 26.4 Å². The van der Waals surface area contributed by atoms with Crippen LogP contribution in [0.1, 0.15) is 36.7 Å². The number of carbonyl (C=O) groups is 1. The van der Waals surface area contributed by atoms with Crippen LogP contribution in [0.2, 0.25) is 0 Å². The van der Waals surface area contributed by atoms with Crippen LogP contribution < -0.4 is 9.47 Å². The molecule has 1 atom stereocenters. The fourth-order valence-corrected chi connectivity index (χ4v) is 2.61. The van der Waals surface area contributed by atoms with E-state index in [4.69, 9.17) is 14.2 Å². The van der Waals surface area contributed by atoms with E-state index in [0.29, 0.717) is 30.3 Å². The number of para-hydroxylation sites is 1. The van der Waals surface area contributed by atoms with Crippen molar-refractivity contribution in [1.29, 1.82) is 0 Å². The van der Waals surface area contributed by atoms with Crippen LogP contribution in [0.4, 0.5) is 0 Å². The molecule has 0 aliphatic carbocycles. The van der Waals surface area contributed by atoms with Crippen molar-refractivity contribution < 1.29 is 19.0 Å².